The molecule has 132 valence electrons. The Morgan fingerprint density at radius 2 is 2.00 bits per heavy atom. The number of halogens is 4. The van der Waals surface area contributed by atoms with E-state index in [4.69, 9.17) is 16.3 Å². The summed E-state index contributed by atoms with van der Waals surface area (Å²) in [7, 11) is 0. The molecule has 0 radical (unpaired) electrons. The molecule has 0 aliphatic carbocycles. The van der Waals surface area contributed by atoms with E-state index in [-0.39, 0.29) is 12.4 Å². The molecule has 1 aromatic heterocycles. The second kappa shape index (κ2) is 6.51. The smallest absolute Gasteiger partial charge is 0.430 e. The number of nitrogens with zero attached hydrogens (tertiary/aromatic N) is 2. The van der Waals surface area contributed by atoms with Crippen molar-refractivity contribution >= 4 is 29.1 Å². The van der Waals surface area contributed by atoms with Gasteiger partial charge in [-0.1, -0.05) is 23.7 Å². The predicted octanol–water partition coefficient (Wildman–Crippen LogP) is 4.02. The van der Waals surface area contributed by atoms with Gasteiger partial charge in [-0.05, 0) is 24.6 Å². The quantitative estimate of drug-likeness (QED) is 0.828. The highest BCUT2D eigenvalue weighted by Gasteiger charge is 2.51. The summed E-state index contributed by atoms with van der Waals surface area (Å²) in [5, 5.41) is 6.66. The number of esters is 1. The number of aromatic nitrogens is 2. The molecule has 1 aromatic carbocycles. The molecule has 0 saturated carbocycles. The van der Waals surface area contributed by atoms with E-state index in [1.165, 1.54) is 13.1 Å². The van der Waals surface area contributed by atoms with Gasteiger partial charge in [-0.25, -0.2) is 4.99 Å². The summed E-state index contributed by atoms with van der Waals surface area (Å²) in [4.78, 5) is 16.0. The van der Waals surface area contributed by atoms with Crippen LogP contribution in [0.15, 0.2) is 35.5 Å². The highest BCUT2D eigenvalue weighted by atomic mass is 35.5. The van der Waals surface area contributed by atoms with Crippen molar-refractivity contribution in [3.63, 3.8) is 0 Å². The molecule has 1 aliphatic rings. The lowest BCUT2D eigenvalue weighted by molar-refractivity contribution is -0.147. The first-order valence-corrected chi connectivity index (χ1v) is 7.82. The molecule has 0 fully saturated rings. The molecule has 25 heavy (non-hydrogen) atoms. The number of nitrogens with one attached hydrogen (secondary N) is 1. The summed E-state index contributed by atoms with van der Waals surface area (Å²) in [5.74, 6) is -3.55. The number of alkyl halides is 3. The number of hydrogen-bond donors (Lipinski definition) is 1. The second-order valence-corrected chi connectivity index (χ2v) is 5.86. The molecule has 0 amide bonds. The van der Waals surface area contributed by atoms with Crippen molar-refractivity contribution in [3.05, 3.63) is 46.6 Å². The van der Waals surface area contributed by atoms with Gasteiger partial charge < -0.3 is 4.74 Å². The molecule has 2 unspecified atom stereocenters. The number of aliphatic imine (C=N–C) groups is 1. The van der Waals surface area contributed by atoms with Gasteiger partial charge in [0.1, 0.15) is 11.6 Å². The number of H-pyrrole nitrogens is 1. The number of fused-ring (bicyclic) bond motifs is 1. The van der Waals surface area contributed by atoms with Crippen LogP contribution in [0.4, 0.5) is 19.0 Å². The molecular weight excluding hydrogens is 359 g/mol. The number of aromatic amines is 1. The van der Waals surface area contributed by atoms with Crippen LogP contribution in [0, 0.1) is 5.92 Å². The number of hydrogen-bond acceptors (Lipinski definition) is 4. The zero-order chi connectivity index (χ0) is 18.2. The van der Waals surface area contributed by atoms with Gasteiger partial charge in [-0.15, -0.1) is 0 Å². The molecule has 0 spiro atoms. The Kier molecular flexibility index (Phi) is 4.55. The Labute approximate surface area is 145 Å². The van der Waals surface area contributed by atoms with Gasteiger partial charge in [0.05, 0.1) is 12.8 Å². The lowest BCUT2D eigenvalue weighted by atomic mass is 9.77. The molecule has 2 heterocycles. The summed E-state index contributed by atoms with van der Waals surface area (Å²) in [5.41, 5.74) is -0.322. The van der Waals surface area contributed by atoms with Crippen molar-refractivity contribution < 1.29 is 22.7 Å². The van der Waals surface area contributed by atoms with Crippen molar-refractivity contribution in [1.82, 2.24) is 10.2 Å². The normalized spacial score (nSPS) is 20.0. The number of carbonyl (C=O) groups excluding carboxylic acids is 1. The SMILES string of the molecule is CCOC(=O)C1C(C(F)(F)F)=Nc2[nH]ncc2C1c1ccc(Cl)cc1. The third-order valence-corrected chi connectivity index (χ3v) is 4.15. The van der Waals surface area contributed by atoms with E-state index < -0.39 is 29.7 Å². The molecule has 3 rings (SSSR count). The van der Waals surface area contributed by atoms with Crippen LogP contribution in [0.5, 0.6) is 0 Å². The van der Waals surface area contributed by atoms with Crippen LogP contribution >= 0.6 is 11.6 Å². The van der Waals surface area contributed by atoms with Gasteiger partial charge >= 0.3 is 12.1 Å². The Hall–Kier alpha value is -2.35. The zero-order valence-corrected chi connectivity index (χ0v) is 13.7. The van der Waals surface area contributed by atoms with Crippen molar-refractivity contribution in [3.8, 4) is 0 Å². The minimum Gasteiger partial charge on any atom is -0.465 e. The lowest BCUT2D eigenvalue weighted by Gasteiger charge is -2.31. The average Bonchev–Trinajstić information content (AvgIpc) is 3.01. The fourth-order valence-electron chi connectivity index (χ4n) is 2.89. The lowest BCUT2D eigenvalue weighted by Crippen LogP contribution is -2.42. The van der Waals surface area contributed by atoms with Gasteiger partial charge in [0.25, 0.3) is 0 Å². The van der Waals surface area contributed by atoms with Crippen molar-refractivity contribution in [2.75, 3.05) is 6.61 Å². The maximum absolute atomic E-state index is 13.6. The fourth-order valence-corrected chi connectivity index (χ4v) is 3.02. The van der Waals surface area contributed by atoms with Crippen molar-refractivity contribution in [2.45, 2.75) is 19.0 Å². The fraction of sp³-hybridized carbons (Fsp3) is 0.312. The first-order valence-electron chi connectivity index (χ1n) is 7.44. The van der Waals surface area contributed by atoms with E-state index in [2.05, 4.69) is 15.2 Å². The molecule has 0 saturated heterocycles. The summed E-state index contributed by atoms with van der Waals surface area (Å²) < 4.78 is 45.6. The summed E-state index contributed by atoms with van der Waals surface area (Å²) >= 11 is 5.87. The molecular formula is C16H13ClF3N3O2. The number of carbonyl (C=O) groups is 1. The van der Waals surface area contributed by atoms with E-state index in [0.29, 0.717) is 16.1 Å². The number of benzene rings is 1. The highest BCUT2D eigenvalue weighted by molar-refractivity contribution is 6.30. The van der Waals surface area contributed by atoms with Crippen LogP contribution in [0.2, 0.25) is 5.02 Å². The average molecular weight is 372 g/mol. The molecule has 1 N–H and O–H groups in total. The summed E-state index contributed by atoms with van der Waals surface area (Å²) in [6.07, 6.45) is -3.41. The van der Waals surface area contributed by atoms with Gasteiger partial charge in [0.15, 0.2) is 5.82 Å². The number of rotatable bonds is 3. The Balaban J connectivity index is 2.19. The minimum atomic E-state index is -4.79. The molecule has 5 nitrogen and oxygen atoms in total. The van der Waals surface area contributed by atoms with Crippen LogP contribution < -0.4 is 0 Å². The van der Waals surface area contributed by atoms with Gasteiger partial charge in [0.2, 0.25) is 0 Å². The van der Waals surface area contributed by atoms with E-state index in [9.17, 15) is 18.0 Å². The van der Waals surface area contributed by atoms with Crippen molar-refractivity contribution in [2.24, 2.45) is 10.9 Å². The van der Waals surface area contributed by atoms with Gasteiger partial charge in [-0.3, -0.25) is 9.89 Å². The van der Waals surface area contributed by atoms with Crippen LogP contribution in [0.25, 0.3) is 0 Å². The van der Waals surface area contributed by atoms with Crippen molar-refractivity contribution in [1.29, 1.82) is 0 Å². The largest absolute Gasteiger partial charge is 0.465 e. The van der Waals surface area contributed by atoms with Crippen LogP contribution in [0.1, 0.15) is 24.0 Å². The van der Waals surface area contributed by atoms with Gasteiger partial charge in [-0.2, -0.15) is 18.3 Å². The first-order chi connectivity index (χ1) is 11.8. The maximum atomic E-state index is 13.6. The van der Waals surface area contributed by atoms with E-state index >= 15 is 0 Å². The monoisotopic (exact) mass is 371 g/mol. The Morgan fingerprint density at radius 1 is 1.32 bits per heavy atom. The van der Waals surface area contributed by atoms with Crippen LogP contribution in [-0.2, 0) is 9.53 Å². The van der Waals surface area contributed by atoms with E-state index in [1.807, 2.05) is 0 Å². The second-order valence-electron chi connectivity index (χ2n) is 5.43. The molecule has 9 heteroatoms. The number of ether oxygens (including phenoxy) is 1. The zero-order valence-electron chi connectivity index (χ0n) is 13.0. The standard InChI is InChI=1S/C16H13ClF3N3O2/c1-2-25-15(24)12-11(8-3-5-9(17)6-4-8)10-7-21-23-14(10)22-13(12)16(18,19)20/h3-7,11-12H,2H2,1H3,(H,21,23). The van der Waals surface area contributed by atoms with E-state index in [0.717, 1.165) is 0 Å². The Bertz CT molecular complexity index is 815. The van der Waals surface area contributed by atoms with E-state index in [1.54, 1.807) is 24.3 Å². The minimum absolute atomic E-state index is 0.0205. The predicted molar refractivity (Wildman–Crippen MR) is 85.2 cm³/mol. The van der Waals surface area contributed by atoms with Gasteiger partial charge in [0, 0.05) is 16.5 Å². The third-order valence-electron chi connectivity index (χ3n) is 3.90. The topological polar surface area (TPSA) is 67.3 Å². The molecule has 1 aliphatic heterocycles. The molecule has 2 aromatic rings. The van der Waals surface area contributed by atoms with Crippen LogP contribution in [-0.4, -0.2) is 34.7 Å². The molecule has 0 bridgehead atoms. The van der Waals surface area contributed by atoms with Crippen LogP contribution in [0.3, 0.4) is 0 Å². The maximum Gasteiger partial charge on any atom is 0.430 e. The Morgan fingerprint density at radius 3 is 2.60 bits per heavy atom. The molecule has 2 atom stereocenters. The third kappa shape index (κ3) is 3.26. The summed E-state index contributed by atoms with van der Waals surface area (Å²) in [6, 6.07) is 6.26. The first kappa shape index (κ1) is 17.5. The highest BCUT2D eigenvalue weighted by Crippen LogP contribution is 2.45. The summed E-state index contributed by atoms with van der Waals surface area (Å²) in [6.45, 7) is 1.50.